The van der Waals surface area contributed by atoms with E-state index in [0.717, 1.165) is 29.5 Å². The van der Waals surface area contributed by atoms with Gasteiger partial charge in [-0.2, -0.15) is 0 Å². The summed E-state index contributed by atoms with van der Waals surface area (Å²) in [6.45, 7) is 9.14. The minimum absolute atomic E-state index is 0.0502. The SMILES string of the molecule is CC(C)(C)OC(=O)NC(=O)Oc1ncnc2c1c(-c1ccc(N)c3c1CC(C)(C)O3)cn2C1CC1. The minimum Gasteiger partial charge on any atom is -0.485 e. The number of imide groups is 1. The average Bonchev–Trinajstić information content (AvgIpc) is 3.41. The number of nitrogen functional groups attached to an aromatic ring is 1. The van der Waals surface area contributed by atoms with Crippen molar-refractivity contribution >= 4 is 28.9 Å². The maximum atomic E-state index is 12.5. The Morgan fingerprint density at radius 2 is 1.91 bits per heavy atom. The first-order valence-corrected chi connectivity index (χ1v) is 11.6. The molecule has 1 aliphatic heterocycles. The fourth-order valence-corrected chi connectivity index (χ4v) is 4.40. The molecule has 3 aromatic rings. The van der Waals surface area contributed by atoms with Crippen molar-refractivity contribution in [2.45, 2.75) is 71.1 Å². The van der Waals surface area contributed by atoms with Gasteiger partial charge in [0, 0.05) is 29.8 Å². The molecule has 1 saturated carbocycles. The van der Waals surface area contributed by atoms with Crippen LogP contribution < -0.4 is 20.5 Å². The van der Waals surface area contributed by atoms with E-state index in [1.165, 1.54) is 6.33 Å². The van der Waals surface area contributed by atoms with Gasteiger partial charge in [0.05, 0.1) is 11.1 Å². The summed E-state index contributed by atoms with van der Waals surface area (Å²) in [6, 6.07) is 4.08. The fourth-order valence-electron chi connectivity index (χ4n) is 4.40. The van der Waals surface area contributed by atoms with Gasteiger partial charge in [0.15, 0.2) is 0 Å². The maximum Gasteiger partial charge on any atom is 0.423 e. The van der Waals surface area contributed by atoms with E-state index in [4.69, 9.17) is 19.9 Å². The Hall–Kier alpha value is -3.82. The Labute approximate surface area is 202 Å². The zero-order valence-corrected chi connectivity index (χ0v) is 20.5. The molecule has 5 rings (SSSR count). The predicted octanol–water partition coefficient (Wildman–Crippen LogP) is 4.75. The molecule has 184 valence electrons. The fraction of sp³-hybridized carbons (Fsp3) is 0.440. The predicted molar refractivity (Wildman–Crippen MR) is 129 cm³/mol. The van der Waals surface area contributed by atoms with Gasteiger partial charge in [-0.15, -0.1) is 0 Å². The topological polar surface area (TPSA) is 131 Å². The van der Waals surface area contributed by atoms with Gasteiger partial charge in [-0.1, -0.05) is 6.07 Å². The number of ether oxygens (including phenoxy) is 3. The summed E-state index contributed by atoms with van der Waals surface area (Å²) in [5, 5.41) is 2.66. The third kappa shape index (κ3) is 4.48. The van der Waals surface area contributed by atoms with Crippen LogP contribution in [0.1, 0.15) is 59.1 Å². The average molecular weight is 480 g/mol. The van der Waals surface area contributed by atoms with E-state index in [2.05, 4.69) is 19.9 Å². The lowest BCUT2D eigenvalue weighted by molar-refractivity contribution is 0.0533. The number of nitrogens with two attached hydrogens (primary N) is 1. The molecular weight excluding hydrogens is 450 g/mol. The number of nitrogens with zero attached hydrogens (tertiary/aromatic N) is 3. The molecule has 0 saturated heterocycles. The number of amides is 2. The van der Waals surface area contributed by atoms with E-state index >= 15 is 0 Å². The summed E-state index contributed by atoms with van der Waals surface area (Å²) >= 11 is 0. The van der Waals surface area contributed by atoms with Crippen LogP contribution in [0.15, 0.2) is 24.7 Å². The van der Waals surface area contributed by atoms with Crippen molar-refractivity contribution in [1.82, 2.24) is 19.9 Å². The second-order valence-electron chi connectivity index (χ2n) is 10.6. The Morgan fingerprint density at radius 3 is 2.60 bits per heavy atom. The molecule has 0 radical (unpaired) electrons. The number of carbonyl (C=O) groups is 2. The molecule has 35 heavy (non-hydrogen) atoms. The Morgan fingerprint density at radius 1 is 1.17 bits per heavy atom. The standard InChI is InChI=1S/C25H29N5O5/c1-24(2,3)35-23(32)29-22(31)33-21-18-16(11-30(13-6-7-13)20(18)27-12-28-21)14-8-9-17(26)19-15(14)10-25(4,5)34-19/h8-9,11-13H,6-7,10,26H2,1-5H3,(H,29,31,32). The number of carbonyl (C=O) groups excluding carboxylic acids is 2. The van der Waals surface area contributed by atoms with Gasteiger partial charge < -0.3 is 24.5 Å². The number of benzene rings is 1. The molecule has 1 aromatic carbocycles. The van der Waals surface area contributed by atoms with Crippen LogP contribution in [0, 0.1) is 0 Å². The van der Waals surface area contributed by atoms with Gasteiger partial charge in [0.25, 0.3) is 0 Å². The molecule has 3 N–H and O–H groups in total. The number of nitrogens with one attached hydrogen (secondary N) is 1. The minimum atomic E-state index is -0.989. The van der Waals surface area contributed by atoms with E-state index in [1.54, 1.807) is 20.8 Å². The number of hydrogen-bond donors (Lipinski definition) is 2. The number of fused-ring (bicyclic) bond motifs is 2. The monoisotopic (exact) mass is 479 g/mol. The first-order chi connectivity index (χ1) is 16.4. The van der Waals surface area contributed by atoms with Gasteiger partial charge in [0.1, 0.15) is 28.9 Å². The van der Waals surface area contributed by atoms with E-state index < -0.39 is 23.4 Å². The zero-order chi connectivity index (χ0) is 25.1. The molecule has 0 unspecified atom stereocenters. The van der Waals surface area contributed by atoms with E-state index in [1.807, 2.05) is 32.2 Å². The van der Waals surface area contributed by atoms with E-state index in [9.17, 15) is 9.59 Å². The zero-order valence-electron chi connectivity index (χ0n) is 20.5. The molecule has 2 aliphatic rings. The number of hydrogen-bond acceptors (Lipinski definition) is 8. The maximum absolute atomic E-state index is 12.5. The first kappa shape index (κ1) is 22.9. The number of rotatable bonds is 3. The van der Waals surface area contributed by atoms with Gasteiger partial charge in [-0.25, -0.2) is 24.9 Å². The second kappa shape index (κ2) is 7.86. The summed E-state index contributed by atoms with van der Waals surface area (Å²) in [5.74, 6) is 0.719. The number of aromatic nitrogens is 3. The summed E-state index contributed by atoms with van der Waals surface area (Å²) in [7, 11) is 0. The van der Waals surface area contributed by atoms with Crippen molar-refractivity contribution in [2.24, 2.45) is 0 Å². The molecule has 10 nitrogen and oxygen atoms in total. The van der Waals surface area contributed by atoms with Gasteiger partial charge in [0.2, 0.25) is 5.88 Å². The normalized spacial score (nSPS) is 16.5. The van der Waals surface area contributed by atoms with Crippen molar-refractivity contribution in [2.75, 3.05) is 5.73 Å². The highest BCUT2D eigenvalue weighted by atomic mass is 16.6. The lowest BCUT2D eigenvalue weighted by Crippen LogP contribution is -2.38. The largest absolute Gasteiger partial charge is 0.485 e. The molecule has 2 aromatic heterocycles. The molecule has 0 atom stereocenters. The Balaban J connectivity index is 1.58. The van der Waals surface area contributed by atoms with Crippen molar-refractivity contribution in [3.05, 3.63) is 30.2 Å². The molecular formula is C25H29N5O5. The molecule has 1 aliphatic carbocycles. The second-order valence-corrected chi connectivity index (χ2v) is 10.6. The highest BCUT2D eigenvalue weighted by Crippen LogP contribution is 2.48. The first-order valence-electron chi connectivity index (χ1n) is 11.6. The van der Waals surface area contributed by atoms with Crippen LogP contribution in [-0.4, -0.2) is 37.9 Å². The van der Waals surface area contributed by atoms with Crippen LogP contribution >= 0.6 is 0 Å². The van der Waals surface area contributed by atoms with Crippen molar-refractivity contribution < 1.29 is 23.8 Å². The van der Waals surface area contributed by atoms with Crippen molar-refractivity contribution in [3.63, 3.8) is 0 Å². The molecule has 10 heteroatoms. The smallest absolute Gasteiger partial charge is 0.423 e. The summed E-state index contributed by atoms with van der Waals surface area (Å²) in [5.41, 5.74) is 9.01. The van der Waals surface area contributed by atoms with E-state index in [0.29, 0.717) is 34.9 Å². The summed E-state index contributed by atoms with van der Waals surface area (Å²) < 4.78 is 18.9. The lowest BCUT2D eigenvalue weighted by atomic mass is 9.93. The molecule has 0 spiro atoms. The van der Waals surface area contributed by atoms with Crippen LogP contribution in [0.2, 0.25) is 0 Å². The molecule has 1 fully saturated rings. The van der Waals surface area contributed by atoms with Crippen LogP contribution in [0.25, 0.3) is 22.2 Å². The molecule has 0 bridgehead atoms. The van der Waals surface area contributed by atoms with Gasteiger partial charge in [-0.3, -0.25) is 0 Å². The summed E-state index contributed by atoms with van der Waals surface area (Å²) in [6.07, 6.45) is 4.22. The van der Waals surface area contributed by atoms with Gasteiger partial charge in [-0.05, 0) is 59.1 Å². The highest BCUT2D eigenvalue weighted by Gasteiger charge is 2.36. The lowest BCUT2D eigenvalue weighted by Gasteiger charge is -2.19. The van der Waals surface area contributed by atoms with Crippen LogP contribution in [0.4, 0.5) is 15.3 Å². The molecule has 2 amide bonds. The molecule has 3 heterocycles. The van der Waals surface area contributed by atoms with Crippen LogP contribution in [0.5, 0.6) is 11.6 Å². The number of anilines is 1. The van der Waals surface area contributed by atoms with Crippen LogP contribution in [0.3, 0.4) is 0 Å². The Kier molecular flexibility index (Phi) is 5.15. The summed E-state index contributed by atoms with van der Waals surface area (Å²) in [4.78, 5) is 33.3. The Bertz CT molecular complexity index is 1350. The van der Waals surface area contributed by atoms with E-state index in [-0.39, 0.29) is 5.88 Å². The third-order valence-corrected chi connectivity index (χ3v) is 5.87. The van der Waals surface area contributed by atoms with Crippen molar-refractivity contribution in [1.29, 1.82) is 0 Å². The van der Waals surface area contributed by atoms with Gasteiger partial charge >= 0.3 is 12.2 Å². The van der Waals surface area contributed by atoms with Crippen molar-refractivity contribution in [3.8, 4) is 22.8 Å². The van der Waals surface area contributed by atoms with Crippen LogP contribution in [-0.2, 0) is 11.2 Å². The number of alkyl carbamates (subject to hydrolysis) is 1. The quantitative estimate of drug-likeness (QED) is 0.515. The highest BCUT2D eigenvalue weighted by molar-refractivity contribution is 6.01. The third-order valence-electron chi connectivity index (χ3n) is 5.87.